The van der Waals surface area contributed by atoms with Gasteiger partial charge in [0.05, 0.1) is 5.56 Å². The van der Waals surface area contributed by atoms with Gasteiger partial charge in [-0.2, -0.15) is 13.2 Å². The quantitative estimate of drug-likeness (QED) is 0.804. The van der Waals surface area contributed by atoms with E-state index in [-0.39, 0.29) is 12.1 Å². The Morgan fingerprint density at radius 2 is 2.00 bits per heavy atom. The summed E-state index contributed by atoms with van der Waals surface area (Å²) in [6.45, 7) is 0. The van der Waals surface area contributed by atoms with Crippen molar-refractivity contribution in [3.05, 3.63) is 29.3 Å². The van der Waals surface area contributed by atoms with E-state index in [0.717, 1.165) is 12.1 Å². The molecule has 3 nitrogen and oxygen atoms in total. The highest BCUT2D eigenvalue weighted by atomic mass is 19.4. The van der Waals surface area contributed by atoms with Gasteiger partial charge in [0.2, 0.25) is 0 Å². The average Bonchev–Trinajstić information content (AvgIpc) is 2.18. The first-order chi connectivity index (χ1) is 7.80. The van der Waals surface area contributed by atoms with E-state index in [9.17, 15) is 18.0 Å². The van der Waals surface area contributed by atoms with Crippen LogP contribution in [-0.2, 0) is 17.4 Å². The number of carboxylic acids is 1. The minimum Gasteiger partial charge on any atom is -0.481 e. The highest BCUT2D eigenvalue weighted by Crippen LogP contribution is 2.31. The molecule has 0 atom stereocenters. The average molecular weight is 247 g/mol. The second kappa shape index (κ2) is 5.07. The summed E-state index contributed by atoms with van der Waals surface area (Å²) >= 11 is 0. The summed E-state index contributed by atoms with van der Waals surface area (Å²) in [6, 6.07) is 3.11. The first kappa shape index (κ1) is 13.3. The fourth-order valence-electron chi connectivity index (χ4n) is 1.43. The van der Waals surface area contributed by atoms with E-state index in [0.29, 0.717) is 18.4 Å². The number of carboxylic acid groups (broad SMARTS) is 1. The molecule has 0 unspecified atom stereocenters. The molecule has 1 aromatic carbocycles. The van der Waals surface area contributed by atoms with Gasteiger partial charge in [-0.15, -0.1) is 0 Å². The molecule has 94 valence electrons. The zero-order valence-corrected chi connectivity index (χ0v) is 8.92. The number of aliphatic carboxylic acids is 1. The summed E-state index contributed by atoms with van der Waals surface area (Å²) in [5.41, 5.74) is 5.28. The summed E-state index contributed by atoms with van der Waals surface area (Å²) < 4.78 is 37.0. The van der Waals surface area contributed by atoms with Crippen molar-refractivity contribution in [3.63, 3.8) is 0 Å². The Morgan fingerprint density at radius 3 is 2.47 bits per heavy atom. The van der Waals surface area contributed by atoms with E-state index in [1.165, 1.54) is 6.07 Å². The zero-order valence-electron chi connectivity index (χ0n) is 8.92. The minimum absolute atomic E-state index is 0.0273. The molecule has 0 spiro atoms. The fraction of sp³-hybridized carbons (Fsp3) is 0.364. The van der Waals surface area contributed by atoms with Crippen molar-refractivity contribution < 1.29 is 23.1 Å². The predicted octanol–water partition coefficient (Wildman–Crippen LogP) is 2.69. The van der Waals surface area contributed by atoms with Gasteiger partial charge in [0.15, 0.2) is 0 Å². The molecule has 3 N–H and O–H groups in total. The number of benzene rings is 1. The van der Waals surface area contributed by atoms with Crippen molar-refractivity contribution in [1.82, 2.24) is 0 Å². The SMILES string of the molecule is Nc1cc(C(F)(F)F)ccc1CCCC(=O)O. The molecule has 6 heteroatoms. The van der Waals surface area contributed by atoms with Crippen LogP contribution in [0.5, 0.6) is 0 Å². The van der Waals surface area contributed by atoms with Gasteiger partial charge in [0, 0.05) is 12.1 Å². The van der Waals surface area contributed by atoms with Crippen LogP contribution >= 0.6 is 0 Å². The molecule has 0 aliphatic carbocycles. The molecule has 1 aromatic rings. The number of rotatable bonds is 4. The molecular formula is C11H12F3NO2. The number of carbonyl (C=O) groups is 1. The van der Waals surface area contributed by atoms with E-state index in [1.807, 2.05) is 0 Å². The van der Waals surface area contributed by atoms with Crippen LogP contribution in [0.1, 0.15) is 24.0 Å². The summed E-state index contributed by atoms with van der Waals surface area (Å²) in [6.07, 6.45) is -3.73. The van der Waals surface area contributed by atoms with Crippen LogP contribution in [0.25, 0.3) is 0 Å². The molecule has 0 heterocycles. The lowest BCUT2D eigenvalue weighted by atomic mass is 10.0. The lowest BCUT2D eigenvalue weighted by molar-refractivity contribution is -0.138. The third-order valence-corrected chi connectivity index (χ3v) is 2.31. The lowest BCUT2D eigenvalue weighted by Crippen LogP contribution is -2.07. The monoisotopic (exact) mass is 247 g/mol. The molecule has 1 rings (SSSR count). The number of hydrogen-bond acceptors (Lipinski definition) is 2. The van der Waals surface area contributed by atoms with Gasteiger partial charge in [0.1, 0.15) is 0 Å². The smallest absolute Gasteiger partial charge is 0.416 e. The lowest BCUT2D eigenvalue weighted by Gasteiger charge is -2.10. The molecule has 0 aromatic heterocycles. The Labute approximate surface area is 96.0 Å². The molecule has 17 heavy (non-hydrogen) atoms. The summed E-state index contributed by atoms with van der Waals surface area (Å²) in [5.74, 6) is -0.935. The van der Waals surface area contributed by atoms with Gasteiger partial charge in [0.25, 0.3) is 0 Å². The van der Waals surface area contributed by atoms with Crippen LogP contribution in [0.4, 0.5) is 18.9 Å². The van der Waals surface area contributed by atoms with Crippen molar-refractivity contribution in [2.75, 3.05) is 5.73 Å². The molecule has 0 saturated heterocycles. The number of aryl methyl sites for hydroxylation is 1. The Hall–Kier alpha value is -1.72. The van der Waals surface area contributed by atoms with Gasteiger partial charge in [-0.05, 0) is 30.5 Å². The number of alkyl halides is 3. The van der Waals surface area contributed by atoms with Crippen molar-refractivity contribution in [2.45, 2.75) is 25.4 Å². The number of hydrogen-bond donors (Lipinski definition) is 2. The van der Waals surface area contributed by atoms with E-state index >= 15 is 0 Å². The normalized spacial score (nSPS) is 11.5. The number of nitrogens with two attached hydrogens (primary N) is 1. The van der Waals surface area contributed by atoms with E-state index < -0.39 is 17.7 Å². The van der Waals surface area contributed by atoms with Crippen LogP contribution < -0.4 is 5.73 Å². The third-order valence-electron chi connectivity index (χ3n) is 2.31. The van der Waals surface area contributed by atoms with Crippen LogP contribution in [0.2, 0.25) is 0 Å². The maximum Gasteiger partial charge on any atom is 0.416 e. The Kier molecular flexibility index (Phi) is 3.98. The van der Waals surface area contributed by atoms with Crippen molar-refractivity contribution in [1.29, 1.82) is 0 Å². The van der Waals surface area contributed by atoms with Gasteiger partial charge < -0.3 is 10.8 Å². The van der Waals surface area contributed by atoms with Crippen LogP contribution in [0.3, 0.4) is 0 Å². The van der Waals surface area contributed by atoms with Gasteiger partial charge in [-0.3, -0.25) is 4.79 Å². The summed E-state index contributed by atoms with van der Waals surface area (Å²) in [4.78, 5) is 10.3. The van der Waals surface area contributed by atoms with Gasteiger partial charge in [-0.25, -0.2) is 0 Å². The van der Waals surface area contributed by atoms with Crippen molar-refractivity contribution in [2.24, 2.45) is 0 Å². The molecule has 0 fully saturated rings. The summed E-state index contributed by atoms with van der Waals surface area (Å²) in [7, 11) is 0. The third kappa shape index (κ3) is 3.97. The molecule has 0 radical (unpaired) electrons. The van der Waals surface area contributed by atoms with Crippen LogP contribution in [0, 0.1) is 0 Å². The molecular weight excluding hydrogens is 235 g/mol. The highest BCUT2D eigenvalue weighted by Gasteiger charge is 2.30. The largest absolute Gasteiger partial charge is 0.481 e. The van der Waals surface area contributed by atoms with E-state index in [4.69, 9.17) is 10.8 Å². The zero-order chi connectivity index (χ0) is 13.1. The van der Waals surface area contributed by atoms with Crippen molar-refractivity contribution >= 4 is 11.7 Å². The first-order valence-corrected chi connectivity index (χ1v) is 4.98. The number of halogens is 3. The minimum atomic E-state index is -4.41. The Morgan fingerprint density at radius 1 is 1.35 bits per heavy atom. The maximum absolute atomic E-state index is 12.3. The number of nitrogen functional groups attached to an aromatic ring is 1. The first-order valence-electron chi connectivity index (χ1n) is 4.98. The van der Waals surface area contributed by atoms with Crippen LogP contribution in [0.15, 0.2) is 18.2 Å². The topological polar surface area (TPSA) is 63.3 Å². The van der Waals surface area contributed by atoms with Gasteiger partial charge >= 0.3 is 12.1 Å². The molecule has 0 bridgehead atoms. The van der Waals surface area contributed by atoms with Crippen LogP contribution in [-0.4, -0.2) is 11.1 Å². The molecule has 0 amide bonds. The molecule has 0 aliphatic rings. The Balaban J connectivity index is 2.73. The van der Waals surface area contributed by atoms with E-state index in [2.05, 4.69) is 0 Å². The second-order valence-electron chi connectivity index (χ2n) is 3.66. The fourth-order valence-corrected chi connectivity index (χ4v) is 1.43. The molecule has 0 saturated carbocycles. The second-order valence-corrected chi connectivity index (χ2v) is 3.66. The standard InChI is InChI=1S/C11H12F3NO2/c12-11(13,14)8-5-4-7(9(15)6-8)2-1-3-10(16)17/h4-6H,1-3,15H2,(H,16,17). The predicted molar refractivity (Wildman–Crippen MR) is 56.4 cm³/mol. The Bertz CT molecular complexity index is 416. The molecule has 0 aliphatic heterocycles. The maximum atomic E-state index is 12.3. The van der Waals surface area contributed by atoms with Crippen molar-refractivity contribution in [3.8, 4) is 0 Å². The summed E-state index contributed by atoms with van der Waals surface area (Å²) in [5, 5.41) is 8.43. The number of anilines is 1. The van der Waals surface area contributed by atoms with Gasteiger partial charge in [-0.1, -0.05) is 6.07 Å². The highest BCUT2D eigenvalue weighted by molar-refractivity contribution is 5.66. The van der Waals surface area contributed by atoms with E-state index in [1.54, 1.807) is 0 Å².